The van der Waals surface area contributed by atoms with Gasteiger partial charge in [-0.15, -0.1) is 0 Å². The minimum absolute atomic E-state index is 0.110. The van der Waals surface area contributed by atoms with E-state index in [2.05, 4.69) is 17.5 Å². The Labute approximate surface area is 233 Å². The normalized spacial score (nSPS) is 23.5. The monoisotopic (exact) mass is 538 g/mol. The van der Waals surface area contributed by atoms with Gasteiger partial charge in [-0.3, -0.25) is 4.79 Å². The number of nitrogens with one attached hydrogen (secondary N) is 1. The number of allylic oxidation sites excluding steroid dienone is 1. The molecule has 1 heterocycles. The van der Waals surface area contributed by atoms with Crippen LogP contribution in [0.25, 0.3) is 0 Å². The number of nitrogens with zero attached hydrogens (tertiary/aromatic N) is 1. The van der Waals surface area contributed by atoms with Crippen LogP contribution in [0, 0.1) is 5.92 Å². The van der Waals surface area contributed by atoms with E-state index in [9.17, 15) is 4.79 Å². The average Bonchev–Trinajstić information content (AvgIpc) is 3.05. The van der Waals surface area contributed by atoms with Crippen LogP contribution in [-0.2, 0) is 27.1 Å². The predicted octanol–water partition coefficient (Wildman–Crippen LogP) is 4.62. The molecule has 5 rings (SSSR count). The highest BCUT2D eigenvalue weighted by atomic mass is 16.5. The summed E-state index contributed by atoms with van der Waals surface area (Å²) in [6, 6.07) is 3.98. The van der Waals surface area contributed by atoms with Crippen LogP contribution >= 0.6 is 0 Å². The maximum Gasteiger partial charge on any atom is 0.227 e. The van der Waals surface area contributed by atoms with Crippen LogP contribution in [0.5, 0.6) is 11.5 Å². The molecule has 1 aromatic carbocycles. The topological polar surface area (TPSA) is 69.3 Å². The Morgan fingerprint density at radius 2 is 1.56 bits per heavy atom. The van der Waals surface area contributed by atoms with E-state index in [0.29, 0.717) is 18.1 Å². The highest BCUT2D eigenvalue weighted by Crippen LogP contribution is 2.53. The van der Waals surface area contributed by atoms with Gasteiger partial charge in [0.05, 0.1) is 31.8 Å². The summed E-state index contributed by atoms with van der Waals surface area (Å²) in [5.74, 6) is 2.04. The van der Waals surface area contributed by atoms with E-state index in [-0.39, 0.29) is 17.1 Å². The third kappa shape index (κ3) is 5.50. The number of hydrogen-bond donors (Lipinski definition) is 1. The lowest BCUT2D eigenvalue weighted by molar-refractivity contribution is -0.130. The second-order valence-corrected chi connectivity index (χ2v) is 11.6. The molecule has 4 aliphatic rings. The third-order valence-electron chi connectivity index (χ3n) is 9.64. The number of rotatable bonds is 12. The number of carbonyl (C=O) groups excluding carboxylic acids is 1. The van der Waals surface area contributed by atoms with Crippen LogP contribution in [0.3, 0.4) is 0 Å². The Bertz CT molecular complexity index is 1090. The van der Waals surface area contributed by atoms with E-state index in [0.717, 1.165) is 82.4 Å². The van der Waals surface area contributed by atoms with Crippen molar-refractivity contribution in [2.45, 2.75) is 75.4 Å². The summed E-state index contributed by atoms with van der Waals surface area (Å²) in [5.41, 5.74) is 4.75. The van der Waals surface area contributed by atoms with E-state index in [4.69, 9.17) is 18.9 Å². The fourth-order valence-electron chi connectivity index (χ4n) is 6.84. The minimum Gasteiger partial charge on any atom is -0.493 e. The van der Waals surface area contributed by atoms with Crippen LogP contribution in [-0.4, -0.2) is 76.6 Å². The first-order valence-corrected chi connectivity index (χ1v) is 14.7. The molecule has 39 heavy (non-hydrogen) atoms. The van der Waals surface area contributed by atoms with Crippen molar-refractivity contribution in [1.29, 1.82) is 0 Å². The van der Waals surface area contributed by atoms with Crippen molar-refractivity contribution >= 4 is 5.91 Å². The minimum atomic E-state index is -0.135. The lowest BCUT2D eigenvalue weighted by Gasteiger charge is -2.51. The number of ether oxygens (including phenoxy) is 4. The van der Waals surface area contributed by atoms with Gasteiger partial charge in [-0.05, 0) is 105 Å². The molecule has 2 saturated carbocycles. The van der Waals surface area contributed by atoms with Crippen molar-refractivity contribution in [2.75, 3.05) is 54.6 Å². The van der Waals surface area contributed by atoms with Gasteiger partial charge in [0.25, 0.3) is 0 Å². The van der Waals surface area contributed by atoms with E-state index >= 15 is 0 Å². The summed E-state index contributed by atoms with van der Waals surface area (Å²) in [6.45, 7) is 3.34. The van der Waals surface area contributed by atoms with Gasteiger partial charge in [-0.1, -0.05) is 12.2 Å². The van der Waals surface area contributed by atoms with Crippen LogP contribution in [0.15, 0.2) is 35.4 Å². The van der Waals surface area contributed by atoms with Gasteiger partial charge in [0.2, 0.25) is 5.91 Å². The molecule has 0 unspecified atom stereocenters. The highest BCUT2D eigenvalue weighted by Gasteiger charge is 2.50. The van der Waals surface area contributed by atoms with Crippen molar-refractivity contribution in [1.82, 2.24) is 10.2 Å². The van der Waals surface area contributed by atoms with Crippen molar-refractivity contribution < 1.29 is 23.7 Å². The summed E-state index contributed by atoms with van der Waals surface area (Å²) >= 11 is 0. The lowest BCUT2D eigenvalue weighted by Crippen LogP contribution is -2.50. The van der Waals surface area contributed by atoms with Gasteiger partial charge < -0.3 is 29.2 Å². The Morgan fingerprint density at radius 3 is 2.15 bits per heavy atom. The molecule has 0 bridgehead atoms. The molecule has 2 fully saturated rings. The zero-order valence-corrected chi connectivity index (χ0v) is 24.3. The summed E-state index contributed by atoms with van der Waals surface area (Å²) in [7, 11) is 7.02. The number of fused-ring (bicyclic) bond motifs is 1. The SMILES string of the molecule is COc1cc2c(cc1OC)CC(=O)N(CCCNC[C@@H]1C=C(C3(OC)CCC3)C(C3(OC)CCC3)=CC1)CC2. The summed E-state index contributed by atoms with van der Waals surface area (Å²) in [4.78, 5) is 15.0. The van der Waals surface area contributed by atoms with Gasteiger partial charge in [-0.25, -0.2) is 0 Å². The number of hydrogen-bond acceptors (Lipinski definition) is 6. The fraction of sp³-hybridized carbons (Fsp3) is 0.656. The number of carbonyl (C=O) groups is 1. The first-order chi connectivity index (χ1) is 19.0. The first-order valence-electron chi connectivity index (χ1n) is 14.7. The van der Waals surface area contributed by atoms with Gasteiger partial charge in [0, 0.05) is 33.9 Å². The molecule has 1 N–H and O–H groups in total. The zero-order chi connectivity index (χ0) is 27.5. The molecular formula is C32H46N2O5. The Hall–Kier alpha value is -2.35. The van der Waals surface area contributed by atoms with Crippen LogP contribution in [0.1, 0.15) is 62.5 Å². The lowest BCUT2D eigenvalue weighted by atomic mass is 9.62. The standard InChI is InChI=1S/C32H46N2O5/c1-36-28-19-24-10-17-34(30(35)21-25(24)20-29(28)37-2)16-7-15-33-22-23-8-9-26(31(38-3)11-5-12-31)27(18-23)32(39-4)13-6-14-32/h9,18-20,23,33H,5-8,10-17,21-22H2,1-4H3/t23-/m0/s1. The molecule has 1 atom stereocenters. The van der Waals surface area contributed by atoms with Crippen molar-refractivity contribution in [3.05, 3.63) is 46.6 Å². The van der Waals surface area contributed by atoms with Crippen molar-refractivity contribution in [3.63, 3.8) is 0 Å². The number of methoxy groups -OCH3 is 4. The van der Waals surface area contributed by atoms with Gasteiger partial charge >= 0.3 is 0 Å². The van der Waals surface area contributed by atoms with Crippen LogP contribution < -0.4 is 14.8 Å². The van der Waals surface area contributed by atoms with E-state index in [1.165, 1.54) is 29.6 Å². The highest BCUT2D eigenvalue weighted by molar-refractivity contribution is 5.80. The molecule has 214 valence electrons. The molecule has 1 aliphatic heterocycles. The van der Waals surface area contributed by atoms with Crippen molar-refractivity contribution in [2.24, 2.45) is 5.92 Å². The maximum absolute atomic E-state index is 13.0. The molecule has 7 nitrogen and oxygen atoms in total. The Balaban J connectivity index is 1.13. The number of benzene rings is 1. The molecule has 0 saturated heterocycles. The van der Waals surface area contributed by atoms with E-state index < -0.39 is 0 Å². The van der Waals surface area contributed by atoms with Crippen molar-refractivity contribution in [3.8, 4) is 11.5 Å². The Morgan fingerprint density at radius 1 is 0.923 bits per heavy atom. The second kappa shape index (κ2) is 12.0. The molecule has 7 heteroatoms. The van der Waals surface area contributed by atoms with Crippen LogP contribution in [0.2, 0.25) is 0 Å². The van der Waals surface area contributed by atoms with Gasteiger partial charge in [0.15, 0.2) is 11.5 Å². The molecule has 0 spiro atoms. The quantitative estimate of drug-likeness (QED) is 0.392. The largest absolute Gasteiger partial charge is 0.493 e. The van der Waals surface area contributed by atoms with E-state index in [1.807, 2.05) is 31.3 Å². The Kier molecular flexibility index (Phi) is 8.69. The second-order valence-electron chi connectivity index (χ2n) is 11.6. The third-order valence-corrected chi connectivity index (χ3v) is 9.64. The zero-order valence-electron chi connectivity index (χ0n) is 24.3. The molecular weight excluding hydrogens is 492 g/mol. The summed E-state index contributed by atoms with van der Waals surface area (Å²) in [6.07, 6.45) is 15.0. The average molecular weight is 539 g/mol. The molecule has 0 radical (unpaired) electrons. The predicted molar refractivity (Wildman–Crippen MR) is 152 cm³/mol. The molecule has 1 aromatic rings. The number of amides is 1. The summed E-state index contributed by atoms with van der Waals surface area (Å²) < 4.78 is 23.1. The maximum atomic E-state index is 13.0. The fourth-order valence-corrected chi connectivity index (χ4v) is 6.84. The smallest absolute Gasteiger partial charge is 0.227 e. The molecule has 0 aromatic heterocycles. The van der Waals surface area contributed by atoms with Gasteiger partial charge in [-0.2, -0.15) is 0 Å². The van der Waals surface area contributed by atoms with Crippen LogP contribution in [0.4, 0.5) is 0 Å². The van der Waals surface area contributed by atoms with E-state index in [1.54, 1.807) is 14.2 Å². The first kappa shape index (κ1) is 28.2. The molecule has 1 amide bonds. The van der Waals surface area contributed by atoms with Gasteiger partial charge in [0.1, 0.15) is 0 Å². The molecule has 3 aliphatic carbocycles. The summed E-state index contributed by atoms with van der Waals surface area (Å²) in [5, 5.41) is 3.68.